The van der Waals surface area contributed by atoms with Gasteiger partial charge in [-0.05, 0) is 30.7 Å². The summed E-state index contributed by atoms with van der Waals surface area (Å²) in [5, 5.41) is 16.8. The molecular formula is C19H19N5O3. The Labute approximate surface area is 156 Å². The van der Waals surface area contributed by atoms with Crippen molar-refractivity contribution in [2.75, 3.05) is 12.4 Å². The number of carbonyl (C=O) groups is 1. The molecule has 0 aliphatic rings. The number of benzene rings is 2. The molecule has 0 spiro atoms. The molecule has 8 heteroatoms. The summed E-state index contributed by atoms with van der Waals surface area (Å²) in [7, 11) is 1.66. The normalized spacial score (nSPS) is 11.6. The van der Waals surface area contributed by atoms with Gasteiger partial charge < -0.3 is 15.2 Å². The van der Waals surface area contributed by atoms with Crippen LogP contribution in [0.1, 0.15) is 28.9 Å². The second-order valence-electron chi connectivity index (χ2n) is 5.99. The number of amides is 1. The summed E-state index contributed by atoms with van der Waals surface area (Å²) in [4.78, 5) is 27.1. The van der Waals surface area contributed by atoms with Gasteiger partial charge in [-0.15, -0.1) is 0 Å². The summed E-state index contributed by atoms with van der Waals surface area (Å²) < 4.78 is 1.88. The fourth-order valence-corrected chi connectivity index (χ4v) is 2.76. The maximum atomic E-state index is 12.7. The van der Waals surface area contributed by atoms with E-state index >= 15 is 0 Å². The predicted molar refractivity (Wildman–Crippen MR) is 102 cm³/mol. The van der Waals surface area contributed by atoms with Gasteiger partial charge in [-0.2, -0.15) is 0 Å². The number of rotatable bonds is 6. The molecule has 2 N–H and O–H groups in total. The lowest BCUT2D eigenvalue weighted by molar-refractivity contribution is -0.384. The molecule has 1 atom stereocenters. The van der Waals surface area contributed by atoms with Crippen LogP contribution in [0.5, 0.6) is 0 Å². The van der Waals surface area contributed by atoms with Crippen LogP contribution in [0, 0.1) is 10.1 Å². The van der Waals surface area contributed by atoms with Gasteiger partial charge in [-0.25, -0.2) is 4.98 Å². The third-order valence-corrected chi connectivity index (χ3v) is 4.27. The van der Waals surface area contributed by atoms with E-state index in [0.717, 1.165) is 11.3 Å². The Morgan fingerprint density at radius 3 is 2.56 bits per heavy atom. The number of non-ortho nitro benzene ring substituents is 1. The van der Waals surface area contributed by atoms with Gasteiger partial charge in [-0.3, -0.25) is 14.9 Å². The van der Waals surface area contributed by atoms with Crippen LogP contribution >= 0.6 is 0 Å². The van der Waals surface area contributed by atoms with Crippen molar-refractivity contribution in [3.63, 3.8) is 0 Å². The zero-order valence-corrected chi connectivity index (χ0v) is 14.9. The topological polar surface area (TPSA) is 102 Å². The van der Waals surface area contributed by atoms with Crippen molar-refractivity contribution in [1.29, 1.82) is 0 Å². The molecule has 3 rings (SSSR count). The minimum absolute atomic E-state index is 0.128. The van der Waals surface area contributed by atoms with E-state index in [9.17, 15) is 14.9 Å². The lowest BCUT2D eigenvalue weighted by Gasteiger charge is -2.16. The molecule has 1 amide bonds. The maximum Gasteiger partial charge on any atom is 0.270 e. The standard InChI is InChI=1S/C19H19N5O3/c1-13(14-3-5-15(6-4-14)23-10-9-21-12-23)22-19(25)17-11-16(24(26)27)7-8-18(17)20-2/h3-13,20H,1-2H3,(H,22,25). The van der Waals surface area contributed by atoms with Gasteiger partial charge >= 0.3 is 0 Å². The number of carbonyl (C=O) groups excluding carboxylic acids is 1. The van der Waals surface area contributed by atoms with Gasteiger partial charge in [0, 0.05) is 42.9 Å². The van der Waals surface area contributed by atoms with Gasteiger partial charge in [0.05, 0.1) is 22.9 Å². The van der Waals surface area contributed by atoms with E-state index in [2.05, 4.69) is 15.6 Å². The molecule has 0 aliphatic heterocycles. The second kappa shape index (κ2) is 7.69. The molecule has 2 aromatic carbocycles. The summed E-state index contributed by atoms with van der Waals surface area (Å²) in [5.41, 5.74) is 2.51. The van der Waals surface area contributed by atoms with E-state index in [-0.39, 0.29) is 23.2 Å². The first-order valence-electron chi connectivity index (χ1n) is 8.35. The predicted octanol–water partition coefficient (Wildman–Crippen LogP) is 3.31. The Kier molecular flexibility index (Phi) is 5.16. The van der Waals surface area contributed by atoms with Crippen molar-refractivity contribution < 1.29 is 9.72 Å². The molecule has 27 heavy (non-hydrogen) atoms. The van der Waals surface area contributed by atoms with Crippen molar-refractivity contribution >= 4 is 17.3 Å². The smallest absolute Gasteiger partial charge is 0.270 e. The van der Waals surface area contributed by atoms with Crippen LogP contribution in [-0.2, 0) is 0 Å². The number of nitro benzene ring substituents is 1. The number of nitrogens with one attached hydrogen (secondary N) is 2. The molecule has 1 aromatic heterocycles. The van der Waals surface area contributed by atoms with Gasteiger partial charge in [0.25, 0.3) is 11.6 Å². The number of imidazole rings is 1. The Hall–Kier alpha value is -3.68. The summed E-state index contributed by atoms with van der Waals surface area (Å²) in [6.07, 6.45) is 5.26. The Morgan fingerprint density at radius 2 is 1.96 bits per heavy atom. The fraction of sp³-hybridized carbons (Fsp3) is 0.158. The molecule has 1 heterocycles. The number of aromatic nitrogens is 2. The van der Waals surface area contributed by atoms with E-state index in [1.54, 1.807) is 19.6 Å². The minimum atomic E-state index is -0.519. The van der Waals surface area contributed by atoms with E-state index in [1.807, 2.05) is 42.0 Å². The third-order valence-electron chi connectivity index (χ3n) is 4.27. The van der Waals surface area contributed by atoms with E-state index in [4.69, 9.17) is 0 Å². The Morgan fingerprint density at radius 1 is 1.22 bits per heavy atom. The van der Waals surface area contributed by atoms with Crippen LogP contribution in [0.2, 0.25) is 0 Å². The van der Waals surface area contributed by atoms with Crippen LogP contribution < -0.4 is 10.6 Å². The molecule has 0 saturated carbocycles. The van der Waals surface area contributed by atoms with E-state index in [1.165, 1.54) is 18.2 Å². The highest BCUT2D eigenvalue weighted by atomic mass is 16.6. The quantitative estimate of drug-likeness (QED) is 0.515. The van der Waals surface area contributed by atoms with Crippen LogP contribution in [0.15, 0.2) is 61.2 Å². The summed E-state index contributed by atoms with van der Waals surface area (Å²) in [5.74, 6) is -0.380. The van der Waals surface area contributed by atoms with Crippen molar-refractivity contribution in [3.8, 4) is 5.69 Å². The Bertz CT molecular complexity index is 952. The maximum absolute atomic E-state index is 12.7. The zero-order chi connectivity index (χ0) is 19.4. The molecule has 8 nitrogen and oxygen atoms in total. The van der Waals surface area contributed by atoms with Crippen LogP contribution in [0.3, 0.4) is 0 Å². The third kappa shape index (κ3) is 3.95. The monoisotopic (exact) mass is 365 g/mol. The fourth-order valence-electron chi connectivity index (χ4n) is 2.76. The van der Waals surface area contributed by atoms with Gasteiger partial charge in [0.1, 0.15) is 0 Å². The van der Waals surface area contributed by atoms with Gasteiger partial charge in [0.15, 0.2) is 0 Å². The van der Waals surface area contributed by atoms with Crippen molar-refractivity contribution in [2.45, 2.75) is 13.0 Å². The first-order valence-corrected chi connectivity index (χ1v) is 8.35. The number of anilines is 1. The lowest BCUT2D eigenvalue weighted by Crippen LogP contribution is -2.27. The molecule has 0 fully saturated rings. The lowest BCUT2D eigenvalue weighted by atomic mass is 10.1. The SMILES string of the molecule is CNc1ccc([N+](=O)[O-])cc1C(=O)NC(C)c1ccc(-n2ccnc2)cc1. The van der Waals surface area contributed by atoms with Crippen molar-refractivity contribution in [3.05, 3.63) is 82.4 Å². The number of hydrogen-bond donors (Lipinski definition) is 2. The highest BCUT2D eigenvalue weighted by Gasteiger charge is 2.18. The van der Waals surface area contributed by atoms with Gasteiger partial charge in [0.2, 0.25) is 0 Å². The van der Waals surface area contributed by atoms with Crippen LogP contribution in [-0.4, -0.2) is 27.4 Å². The summed E-state index contributed by atoms with van der Waals surface area (Å²) in [6, 6.07) is 11.6. The summed E-state index contributed by atoms with van der Waals surface area (Å²) in [6.45, 7) is 1.86. The molecule has 1 unspecified atom stereocenters. The first kappa shape index (κ1) is 18.1. The Balaban J connectivity index is 1.77. The summed E-state index contributed by atoms with van der Waals surface area (Å²) >= 11 is 0. The molecule has 0 radical (unpaired) electrons. The van der Waals surface area contributed by atoms with E-state index in [0.29, 0.717) is 5.69 Å². The molecule has 0 saturated heterocycles. The highest BCUT2D eigenvalue weighted by Crippen LogP contribution is 2.23. The second-order valence-corrected chi connectivity index (χ2v) is 5.99. The largest absolute Gasteiger partial charge is 0.387 e. The molecule has 3 aromatic rings. The number of hydrogen-bond acceptors (Lipinski definition) is 5. The minimum Gasteiger partial charge on any atom is -0.387 e. The van der Waals surface area contributed by atoms with Crippen LogP contribution in [0.25, 0.3) is 5.69 Å². The average molecular weight is 365 g/mol. The number of nitrogens with zero attached hydrogens (tertiary/aromatic N) is 3. The average Bonchev–Trinajstić information content (AvgIpc) is 3.22. The van der Waals surface area contributed by atoms with Crippen LogP contribution in [0.4, 0.5) is 11.4 Å². The molecular weight excluding hydrogens is 346 g/mol. The molecule has 0 aliphatic carbocycles. The van der Waals surface area contributed by atoms with E-state index < -0.39 is 4.92 Å². The highest BCUT2D eigenvalue weighted by molar-refractivity contribution is 6.00. The molecule has 0 bridgehead atoms. The van der Waals surface area contributed by atoms with Gasteiger partial charge in [-0.1, -0.05) is 12.1 Å². The zero-order valence-electron chi connectivity index (χ0n) is 14.9. The van der Waals surface area contributed by atoms with Crippen molar-refractivity contribution in [1.82, 2.24) is 14.9 Å². The first-order chi connectivity index (χ1) is 13.0. The van der Waals surface area contributed by atoms with Crippen molar-refractivity contribution in [2.24, 2.45) is 0 Å². The molecule has 138 valence electrons. The number of nitro groups is 1.